The van der Waals surface area contributed by atoms with Crippen molar-refractivity contribution in [3.05, 3.63) is 23.5 Å². The van der Waals surface area contributed by atoms with Gasteiger partial charge in [0.05, 0.1) is 12.8 Å². The molecule has 0 N–H and O–H groups in total. The topological polar surface area (TPSA) is 25.4 Å². The Bertz CT molecular complexity index is 425. The second-order valence-electron chi connectivity index (χ2n) is 5.42. The van der Waals surface area contributed by atoms with E-state index in [4.69, 9.17) is 4.74 Å². The fourth-order valence-corrected chi connectivity index (χ4v) is 3.83. The number of hydrogen-bond donors (Lipinski definition) is 0. The molecule has 1 aromatic rings. The van der Waals surface area contributed by atoms with Gasteiger partial charge in [-0.25, -0.2) is 0 Å². The Balaban J connectivity index is 2.05. The molecular formula is C15H23BrN2O. The molecule has 3 nitrogen and oxygen atoms in total. The molecule has 1 fully saturated rings. The average Bonchev–Trinajstić information content (AvgIpc) is 2.38. The summed E-state index contributed by atoms with van der Waals surface area (Å²) < 4.78 is 5.32. The van der Waals surface area contributed by atoms with Gasteiger partial charge in [-0.3, -0.25) is 9.88 Å². The van der Waals surface area contributed by atoms with E-state index in [-0.39, 0.29) is 0 Å². The second kappa shape index (κ2) is 6.71. The molecular weight excluding hydrogens is 304 g/mol. The van der Waals surface area contributed by atoms with Crippen molar-refractivity contribution >= 4 is 15.9 Å². The number of aryl methyl sites for hydroxylation is 1. The lowest BCUT2D eigenvalue weighted by Crippen LogP contribution is -2.40. The van der Waals surface area contributed by atoms with Crippen LogP contribution in [0.2, 0.25) is 0 Å². The lowest BCUT2D eigenvalue weighted by Gasteiger charge is -2.35. The Labute approximate surface area is 124 Å². The van der Waals surface area contributed by atoms with E-state index in [1.54, 1.807) is 7.11 Å². The van der Waals surface area contributed by atoms with E-state index in [2.05, 4.69) is 32.9 Å². The first-order valence-corrected chi connectivity index (χ1v) is 7.87. The molecule has 2 rings (SSSR count). The number of hydrogen-bond acceptors (Lipinski definition) is 3. The third kappa shape index (κ3) is 3.93. The summed E-state index contributed by atoms with van der Waals surface area (Å²) in [5, 5.41) is 0. The number of methoxy groups -OCH3 is 1. The molecule has 0 bridgehead atoms. The summed E-state index contributed by atoms with van der Waals surface area (Å²) >= 11 is 3.82. The highest BCUT2D eigenvalue weighted by molar-refractivity contribution is 9.09. The van der Waals surface area contributed by atoms with Crippen molar-refractivity contribution in [2.45, 2.75) is 50.0 Å². The smallest absolute Gasteiger partial charge is 0.122 e. The minimum Gasteiger partial charge on any atom is -0.497 e. The minimum absolute atomic E-state index is 0.609. The minimum atomic E-state index is 0.609. The summed E-state index contributed by atoms with van der Waals surface area (Å²) in [7, 11) is 3.90. The Morgan fingerprint density at radius 3 is 2.79 bits per heavy atom. The van der Waals surface area contributed by atoms with Gasteiger partial charge in [-0.15, -0.1) is 0 Å². The third-order valence-electron chi connectivity index (χ3n) is 3.84. The van der Waals surface area contributed by atoms with Crippen molar-refractivity contribution in [1.29, 1.82) is 0 Å². The molecule has 2 atom stereocenters. The normalized spacial score (nSPS) is 23.6. The second-order valence-corrected chi connectivity index (χ2v) is 6.60. The van der Waals surface area contributed by atoms with E-state index in [9.17, 15) is 0 Å². The van der Waals surface area contributed by atoms with Crippen molar-refractivity contribution in [2.24, 2.45) is 0 Å². The van der Waals surface area contributed by atoms with Crippen LogP contribution in [0.4, 0.5) is 0 Å². The molecule has 1 aliphatic rings. The van der Waals surface area contributed by atoms with Gasteiger partial charge in [-0.2, -0.15) is 0 Å². The third-order valence-corrected chi connectivity index (χ3v) is 4.91. The van der Waals surface area contributed by atoms with E-state index >= 15 is 0 Å². The quantitative estimate of drug-likeness (QED) is 0.791. The number of rotatable bonds is 4. The first-order chi connectivity index (χ1) is 9.10. The fourth-order valence-electron chi connectivity index (χ4n) is 2.84. The highest BCUT2D eigenvalue weighted by Crippen LogP contribution is 2.28. The van der Waals surface area contributed by atoms with Crippen LogP contribution in [0.3, 0.4) is 0 Å². The Hall–Kier alpha value is -0.610. The van der Waals surface area contributed by atoms with Crippen LogP contribution in [0.15, 0.2) is 12.1 Å². The standard InChI is InChI=1S/C15H23BrN2O/c1-11-8-13(19-3)9-12(17-11)10-18(2)15-7-5-4-6-14(15)16/h8-9,14-15H,4-7,10H2,1-3H3. The van der Waals surface area contributed by atoms with E-state index in [0.717, 1.165) is 23.7 Å². The van der Waals surface area contributed by atoms with E-state index < -0.39 is 0 Å². The molecule has 0 saturated heterocycles. The van der Waals surface area contributed by atoms with E-state index in [1.165, 1.54) is 25.7 Å². The van der Waals surface area contributed by atoms with Gasteiger partial charge >= 0.3 is 0 Å². The zero-order valence-electron chi connectivity index (χ0n) is 12.0. The van der Waals surface area contributed by atoms with E-state index in [0.29, 0.717) is 10.9 Å². The molecule has 1 aliphatic carbocycles. The van der Waals surface area contributed by atoms with Gasteiger partial charge in [0.25, 0.3) is 0 Å². The van der Waals surface area contributed by atoms with Crippen LogP contribution in [0.25, 0.3) is 0 Å². The molecule has 106 valence electrons. The van der Waals surface area contributed by atoms with Crippen molar-refractivity contribution in [2.75, 3.05) is 14.2 Å². The predicted octanol–water partition coefficient (Wildman–Crippen LogP) is 3.54. The van der Waals surface area contributed by atoms with Gasteiger partial charge in [0, 0.05) is 35.2 Å². The Morgan fingerprint density at radius 2 is 2.11 bits per heavy atom. The molecule has 0 aliphatic heterocycles. The van der Waals surface area contributed by atoms with Gasteiger partial charge in [0.2, 0.25) is 0 Å². The van der Waals surface area contributed by atoms with Crippen molar-refractivity contribution < 1.29 is 4.74 Å². The highest BCUT2D eigenvalue weighted by atomic mass is 79.9. The van der Waals surface area contributed by atoms with Crippen LogP contribution in [0.5, 0.6) is 5.75 Å². The zero-order chi connectivity index (χ0) is 13.8. The largest absolute Gasteiger partial charge is 0.497 e. The van der Waals surface area contributed by atoms with Gasteiger partial charge in [0.15, 0.2) is 0 Å². The Morgan fingerprint density at radius 1 is 1.37 bits per heavy atom. The number of ether oxygens (including phenoxy) is 1. The van der Waals surface area contributed by atoms with Crippen LogP contribution in [-0.4, -0.2) is 34.9 Å². The maximum Gasteiger partial charge on any atom is 0.122 e. The number of nitrogens with zero attached hydrogens (tertiary/aromatic N) is 2. The molecule has 1 heterocycles. The number of halogens is 1. The van der Waals surface area contributed by atoms with Crippen LogP contribution in [0.1, 0.15) is 37.1 Å². The van der Waals surface area contributed by atoms with Gasteiger partial charge in [-0.05, 0) is 26.8 Å². The predicted molar refractivity (Wildman–Crippen MR) is 82.0 cm³/mol. The molecule has 1 aromatic heterocycles. The summed E-state index contributed by atoms with van der Waals surface area (Å²) in [6.07, 6.45) is 5.23. The van der Waals surface area contributed by atoms with Gasteiger partial charge in [0.1, 0.15) is 5.75 Å². The lowest BCUT2D eigenvalue weighted by molar-refractivity contribution is 0.191. The van der Waals surface area contributed by atoms with Crippen molar-refractivity contribution in [3.8, 4) is 5.75 Å². The molecule has 1 saturated carbocycles. The monoisotopic (exact) mass is 326 g/mol. The maximum absolute atomic E-state index is 5.32. The molecule has 2 unspecified atom stereocenters. The van der Waals surface area contributed by atoms with Crippen LogP contribution >= 0.6 is 15.9 Å². The number of aromatic nitrogens is 1. The summed E-state index contributed by atoms with van der Waals surface area (Å²) in [4.78, 5) is 7.63. The van der Waals surface area contributed by atoms with Crippen molar-refractivity contribution in [1.82, 2.24) is 9.88 Å². The molecule has 0 spiro atoms. The molecule has 0 aromatic carbocycles. The zero-order valence-corrected chi connectivity index (χ0v) is 13.6. The first-order valence-electron chi connectivity index (χ1n) is 6.96. The van der Waals surface area contributed by atoms with Crippen LogP contribution < -0.4 is 4.74 Å². The van der Waals surface area contributed by atoms with Gasteiger partial charge < -0.3 is 4.74 Å². The SMILES string of the molecule is COc1cc(C)nc(CN(C)C2CCCCC2Br)c1. The Kier molecular flexibility index (Phi) is 5.22. The highest BCUT2D eigenvalue weighted by Gasteiger charge is 2.26. The molecule has 0 radical (unpaired) electrons. The first kappa shape index (κ1) is 14.8. The molecule has 19 heavy (non-hydrogen) atoms. The van der Waals surface area contributed by atoms with Crippen LogP contribution in [0, 0.1) is 6.92 Å². The van der Waals surface area contributed by atoms with Crippen LogP contribution in [-0.2, 0) is 6.54 Å². The van der Waals surface area contributed by atoms with Crippen molar-refractivity contribution in [3.63, 3.8) is 0 Å². The summed E-state index contributed by atoms with van der Waals surface area (Å²) in [6, 6.07) is 4.62. The van der Waals surface area contributed by atoms with E-state index in [1.807, 2.05) is 19.1 Å². The lowest BCUT2D eigenvalue weighted by atomic mass is 9.94. The molecule has 0 amide bonds. The number of pyridine rings is 1. The maximum atomic E-state index is 5.32. The number of alkyl halides is 1. The summed E-state index contributed by atoms with van der Waals surface area (Å²) in [5.74, 6) is 0.898. The fraction of sp³-hybridized carbons (Fsp3) is 0.667. The summed E-state index contributed by atoms with van der Waals surface area (Å²) in [5.41, 5.74) is 2.10. The average molecular weight is 327 g/mol. The van der Waals surface area contributed by atoms with Gasteiger partial charge in [-0.1, -0.05) is 28.8 Å². The molecule has 4 heteroatoms. The summed E-state index contributed by atoms with van der Waals surface area (Å²) in [6.45, 7) is 2.89.